The van der Waals surface area contributed by atoms with E-state index >= 15 is 0 Å². The normalized spacial score (nSPS) is 28.4. The van der Waals surface area contributed by atoms with E-state index in [9.17, 15) is 42.4 Å². The molecule has 0 radical (unpaired) electrons. The molecule has 1 saturated heterocycles. The third kappa shape index (κ3) is 4.26. The standard InChI is InChI=1S/C15H18F5NO4/c16-9-3-7(15(18,19)20)4-10(17)8(9)1-2-21-5-12(23)14(25)13(24)11(21)6-22/h3-4,11-14,22-25H,1-2,5-6H2/t11-,12-,13+,14+/m0/s1. The van der Waals surface area contributed by atoms with Crippen molar-refractivity contribution in [1.82, 2.24) is 4.90 Å². The molecule has 0 spiro atoms. The second kappa shape index (κ2) is 7.50. The smallest absolute Gasteiger partial charge is 0.395 e. The first kappa shape index (κ1) is 20.0. The molecule has 25 heavy (non-hydrogen) atoms. The summed E-state index contributed by atoms with van der Waals surface area (Å²) in [5.41, 5.74) is -2.01. The molecule has 1 aromatic rings. The van der Waals surface area contributed by atoms with Crippen molar-refractivity contribution in [3.63, 3.8) is 0 Å². The summed E-state index contributed by atoms with van der Waals surface area (Å²) in [7, 11) is 0. The summed E-state index contributed by atoms with van der Waals surface area (Å²) in [6.07, 6.45) is -9.51. The van der Waals surface area contributed by atoms with Crippen LogP contribution in [0.5, 0.6) is 0 Å². The third-order valence-corrected chi connectivity index (χ3v) is 4.33. The molecular weight excluding hydrogens is 353 g/mol. The van der Waals surface area contributed by atoms with Gasteiger partial charge in [0.15, 0.2) is 0 Å². The number of halogens is 5. The Labute approximate surface area is 139 Å². The lowest BCUT2D eigenvalue weighted by Gasteiger charge is -2.43. The molecule has 0 aromatic heterocycles. The molecule has 0 amide bonds. The number of piperidine rings is 1. The number of alkyl halides is 3. The van der Waals surface area contributed by atoms with Gasteiger partial charge < -0.3 is 20.4 Å². The van der Waals surface area contributed by atoms with E-state index < -0.39 is 59.9 Å². The molecule has 1 aliphatic rings. The zero-order valence-corrected chi connectivity index (χ0v) is 12.9. The van der Waals surface area contributed by atoms with Gasteiger partial charge in [-0.05, 0) is 18.6 Å². The molecule has 0 unspecified atom stereocenters. The molecule has 1 fully saturated rings. The van der Waals surface area contributed by atoms with Crippen LogP contribution in [0.3, 0.4) is 0 Å². The Bertz CT molecular complexity index is 589. The van der Waals surface area contributed by atoms with Gasteiger partial charge in [0.1, 0.15) is 23.8 Å². The average molecular weight is 371 g/mol. The third-order valence-electron chi connectivity index (χ3n) is 4.33. The van der Waals surface area contributed by atoms with Crippen LogP contribution in [0.2, 0.25) is 0 Å². The summed E-state index contributed by atoms with van der Waals surface area (Å²) in [5, 5.41) is 38.4. The van der Waals surface area contributed by atoms with Gasteiger partial charge >= 0.3 is 6.18 Å². The number of rotatable bonds is 4. The fourth-order valence-electron chi connectivity index (χ4n) is 2.90. The summed E-state index contributed by atoms with van der Waals surface area (Å²) < 4.78 is 65.3. The second-order valence-electron chi connectivity index (χ2n) is 5.96. The lowest BCUT2D eigenvalue weighted by atomic mass is 9.93. The number of likely N-dealkylation sites (tertiary alicyclic amines) is 1. The Morgan fingerprint density at radius 3 is 2.08 bits per heavy atom. The minimum atomic E-state index is -4.88. The monoisotopic (exact) mass is 371 g/mol. The highest BCUT2D eigenvalue weighted by Crippen LogP contribution is 2.31. The molecule has 2 rings (SSSR count). The minimum absolute atomic E-state index is 0.148. The maximum Gasteiger partial charge on any atom is 0.416 e. The van der Waals surface area contributed by atoms with E-state index in [0.717, 1.165) is 0 Å². The molecule has 4 N–H and O–H groups in total. The topological polar surface area (TPSA) is 84.2 Å². The molecule has 0 bridgehead atoms. The Morgan fingerprint density at radius 2 is 1.60 bits per heavy atom. The molecule has 0 aliphatic carbocycles. The van der Waals surface area contributed by atoms with E-state index in [1.54, 1.807) is 0 Å². The van der Waals surface area contributed by atoms with Gasteiger partial charge in [-0.1, -0.05) is 0 Å². The van der Waals surface area contributed by atoms with E-state index in [1.165, 1.54) is 4.90 Å². The zero-order chi connectivity index (χ0) is 18.9. The predicted molar refractivity (Wildman–Crippen MR) is 75.5 cm³/mol. The first-order chi connectivity index (χ1) is 11.6. The van der Waals surface area contributed by atoms with Crippen molar-refractivity contribution in [2.45, 2.75) is 37.0 Å². The van der Waals surface area contributed by atoms with Gasteiger partial charge in [-0.3, -0.25) is 4.90 Å². The van der Waals surface area contributed by atoms with Crippen LogP contribution in [0.25, 0.3) is 0 Å². The van der Waals surface area contributed by atoms with Crippen LogP contribution < -0.4 is 0 Å². The Balaban J connectivity index is 2.15. The number of nitrogens with zero attached hydrogens (tertiary/aromatic N) is 1. The van der Waals surface area contributed by atoms with Gasteiger partial charge in [-0.25, -0.2) is 8.78 Å². The summed E-state index contributed by atoms with van der Waals surface area (Å²) in [4.78, 5) is 1.32. The van der Waals surface area contributed by atoms with E-state index in [0.29, 0.717) is 0 Å². The van der Waals surface area contributed by atoms with Crippen LogP contribution in [0.15, 0.2) is 12.1 Å². The van der Waals surface area contributed by atoms with Gasteiger partial charge in [-0.2, -0.15) is 13.2 Å². The zero-order valence-electron chi connectivity index (χ0n) is 12.9. The number of aliphatic hydroxyl groups excluding tert-OH is 4. The molecule has 4 atom stereocenters. The highest BCUT2D eigenvalue weighted by Gasteiger charge is 2.41. The molecule has 0 saturated carbocycles. The van der Waals surface area contributed by atoms with E-state index in [4.69, 9.17) is 0 Å². The minimum Gasteiger partial charge on any atom is -0.395 e. The van der Waals surface area contributed by atoms with Crippen molar-refractivity contribution in [3.8, 4) is 0 Å². The summed E-state index contributed by atoms with van der Waals surface area (Å²) >= 11 is 0. The van der Waals surface area contributed by atoms with E-state index in [1.807, 2.05) is 0 Å². The van der Waals surface area contributed by atoms with Crippen molar-refractivity contribution in [2.24, 2.45) is 0 Å². The number of hydrogen-bond donors (Lipinski definition) is 4. The van der Waals surface area contributed by atoms with E-state index in [-0.39, 0.29) is 31.6 Å². The molecule has 10 heteroatoms. The van der Waals surface area contributed by atoms with Gasteiger partial charge in [-0.15, -0.1) is 0 Å². The van der Waals surface area contributed by atoms with Crippen molar-refractivity contribution in [1.29, 1.82) is 0 Å². The summed E-state index contributed by atoms with van der Waals surface area (Å²) in [5.74, 6) is -2.71. The highest BCUT2D eigenvalue weighted by atomic mass is 19.4. The number of hydrogen-bond acceptors (Lipinski definition) is 5. The quantitative estimate of drug-likeness (QED) is 0.572. The van der Waals surface area contributed by atoms with Crippen LogP contribution in [-0.2, 0) is 12.6 Å². The van der Waals surface area contributed by atoms with Gasteiger partial charge in [0.25, 0.3) is 0 Å². The van der Waals surface area contributed by atoms with E-state index in [2.05, 4.69) is 0 Å². The fraction of sp³-hybridized carbons (Fsp3) is 0.600. The summed E-state index contributed by atoms with van der Waals surface area (Å²) in [6.45, 7) is -0.901. The molecule has 5 nitrogen and oxygen atoms in total. The summed E-state index contributed by atoms with van der Waals surface area (Å²) in [6, 6.07) is -0.573. The van der Waals surface area contributed by atoms with Crippen molar-refractivity contribution < 1.29 is 42.4 Å². The van der Waals surface area contributed by atoms with Crippen LogP contribution in [0.4, 0.5) is 22.0 Å². The highest BCUT2D eigenvalue weighted by molar-refractivity contribution is 5.28. The first-order valence-electron chi connectivity index (χ1n) is 7.50. The van der Waals surface area contributed by atoms with Crippen LogP contribution in [0.1, 0.15) is 11.1 Å². The van der Waals surface area contributed by atoms with Crippen LogP contribution >= 0.6 is 0 Å². The maximum atomic E-state index is 13.8. The Morgan fingerprint density at radius 1 is 1.04 bits per heavy atom. The largest absolute Gasteiger partial charge is 0.416 e. The van der Waals surface area contributed by atoms with Gasteiger partial charge in [0.05, 0.1) is 24.3 Å². The second-order valence-corrected chi connectivity index (χ2v) is 5.96. The maximum absolute atomic E-state index is 13.8. The van der Waals surface area contributed by atoms with Crippen molar-refractivity contribution in [2.75, 3.05) is 19.7 Å². The number of aliphatic hydroxyl groups is 4. The number of benzene rings is 1. The molecular formula is C15H18F5NO4. The van der Waals surface area contributed by atoms with Gasteiger partial charge in [0.2, 0.25) is 0 Å². The fourth-order valence-corrected chi connectivity index (χ4v) is 2.90. The number of β-amino-alcohol motifs (C(OH)–C–C–N with tert-alkyl or cyclic N) is 1. The van der Waals surface area contributed by atoms with Gasteiger partial charge in [0, 0.05) is 18.7 Å². The molecule has 1 aromatic carbocycles. The molecule has 1 heterocycles. The lowest BCUT2D eigenvalue weighted by Crippen LogP contribution is -2.62. The first-order valence-corrected chi connectivity index (χ1v) is 7.50. The SMILES string of the molecule is OC[C@H]1[C@@H](O)[C@H](O)[C@@H](O)CN1CCc1c(F)cc(C(F)(F)F)cc1F. The molecule has 1 aliphatic heterocycles. The lowest BCUT2D eigenvalue weighted by molar-refractivity contribution is -0.144. The van der Waals surface area contributed by atoms with Crippen LogP contribution in [-0.4, -0.2) is 69.4 Å². The Kier molecular flexibility index (Phi) is 6.00. The average Bonchev–Trinajstić information content (AvgIpc) is 2.51. The van der Waals surface area contributed by atoms with Crippen molar-refractivity contribution in [3.05, 3.63) is 34.9 Å². The van der Waals surface area contributed by atoms with Crippen LogP contribution in [0, 0.1) is 11.6 Å². The molecule has 142 valence electrons. The van der Waals surface area contributed by atoms with Crippen molar-refractivity contribution >= 4 is 0 Å². The Hall–Kier alpha value is -1.33. The predicted octanol–water partition coefficient (Wildman–Crippen LogP) is 0.285.